The van der Waals surface area contributed by atoms with Crippen LogP contribution in [0.4, 0.5) is 0 Å². The maximum Gasteiger partial charge on any atom is 0.0692 e. The van der Waals surface area contributed by atoms with Crippen LogP contribution < -0.4 is 5.32 Å². The van der Waals surface area contributed by atoms with Gasteiger partial charge in [0.15, 0.2) is 0 Å². The third-order valence-corrected chi connectivity index (χ3v) is 3.11. The molecule has 1 aromatic carbocycles. The van der Waals surface area contributed by atoms with Crippen molar-refractivity contribution in [1.29, 1.82) is 0 Å². The molecule has 2 rings (SSSR count). The first-order chi connectivity index (χ1) is 8.13. The zero-order valence-corrected chi connectivity index (χ0v) is 11.0. The molecule has 0 saturated carbocycles. The minimum absolute atomic E-state index is 0.732. The molecule has 0 bridgehead atoms. The van der Waals surface area contributed by atoms with Crippen LogP contribution >= 0.6 is 11.6 Å². The molecule has 0 aliphatic carbocycles. The van der Waals surface area contributed by atoms with Gasteiger partial charge in [-0.15, -0.1) is 0 Å². The molecule has 2 aromatic rings. The number of nitrogens with one attached hydrogen (secondary N) is 1. The van der Waals surface area contributed by atoms with Crippen LogP contribution in [0.15, 0.2) is 24.4 Å². The smallest absolute Gasteiger partial charge is 0.0692 e. The molecule has 0 aliphatic heterocycles. The van der Waals surface area contributed by atoms with E-state index in [1.807, 2.05) is 36.1 Å². The summed E-state index contributed by atoms with van der Waals surface area (Å²) in [5.74, 6) is 0. The summed E-state index contributed by atoms with van der Waals surface area (Å²) in [4.78, 5) is 0. The third-order valence-electron chi connectivity index (χ3n) is 2.88. The molecule has 0 spiro atoms. The molecular weight excluding hydrogens is 234 g/mol. The quantitative estimate of drug-likeness (QED) is 0.907. The zero-order valence-electron chi connectivity index (χ0n) is 10.3. The Hall–Kier alpha value is -1.32. The normalized spacial score (nSPS) is 10.8. The van der Waals surface area contributed by atoms with E-state index >= 15 is 0 Å². The lowest BCUT2D eigenvalue weighted by atomic mass is 10.2. The number of rotatable bonds is 3. The Labute approximate surface area is 106 Å². The van der Waals surface area contributed by atoms with Crippen molar-refractivity contribution in [2.75, 3.05) is 7.05 Å². The van der Waals surface area contributed by atoms with Crippen molar-refractivity contribution >= 4 is 11.6 Å². The molecular formula is C13H16ClN3. The molecule has 1 heterocycles. The van der Waals surface area contributed by atoms with Crippen LogP contribution in [0, 0.1) is 13.8 Å². The number of aromatic nitrogens is 2. The third kappa shape index (κ3) is 2.35. The van der Waals surface area contributed by atoms with E-state index in [0.717, 1.165) is 28.5 Å². The van der Waals surface area contributed by atoms with E-state index < -0.39 is 0 Å². The average Bonchev–Trinajstić information content (AvgIpc) is 2.65. The molecule has 0 fully saturated rings. The SMILES string of the molecule is CNCc1cnn(-c2cc(Cl)ccc2C)c1C. The first-order valence-corrected chi connectivity index (χ1v) is 5.96. The fourth-order valence-electron chi connectivity index (χ4n) is 1.86. The van der Waals surface area contributed by atoms with Crippen molar-refractivity contribution in [3.63, 3.8) is 0 Å². The maximum atomic E-state index is 6.03. The van der Waals surface area contributed by atoms with Crippen LogP contribution in [0.2, 0.25) is 5.02 Å². The summed E-state index contributed by atoms with van der Waals surface area (Å²) in [5, 5.41) is 8.29. The van der Waals surface area contributed by atoms with Gasteiger partial charge in [0.1, 0.15) is 0 Å². The van der Waals surface area contributed by atoms with Crippen molar-refractivity contribution in [2.24, 2.45) is 0 Å². The summed E-state index contributed by atoms with van der Waals surface area (Å²) >= 11 is 6.03. The van der Waals surface area contributed by atoms with Crippen molar-refractivity contribution in [3.05, 3.63) is 46.2 Å². The Morgan fingerprint density at radius 1 is 1.35 bits per heavy atom. The lowest BCUT2D eigenvalue weighted by molar-refractivity contribution is 0.800. The highest BCUT2D eigenvalue weighted by atomic mass is 35.5. The van der Waals surface area contributed by atoms with E-state index in [-0.39, 0.29) is 0 Å². The summed E-state index contributed by atoms with van der Waals surface area (Å²) in [6, 6.07) is 5.85. The zero-order chi connectivity index (χ0) is 12.4. The van der Waals surface area contributed by atoms with E-state index in [9.17, 15) is 0 Å². The minimum atomic E-state index is 0.732. The van der Waals surface area contributed by atoms with Gasteiger partial charge in [-0.25, -0.2) is 4.68 Å². The van der Waals surface area contributed by atoms with Crippen molar-refractivity contribution in [2.45, 2.75) is 20.4 Å². The van der Waals surface area contributed by atoms with Crippen molar-refractivity contribution in [1.82, 2.24) is 15.1 Å². The molecule has 90 valence electrons. The van der Waals surface area contributed by atoms with Gasteiger partial charge in [-0.05, 0) is 38.6 Å². The number of nitrogens with zero attached hydrogens (tertiary/aromatic N) is 2. The summed E-state index contributed by atoms with van der Waals surface area (Å²) in [7, 11) is 1.93. The Kier molecular flexibility index (Phi) is 3.50. The monoisotopic (exact) mass is 249 g/mol. The van der Waals surface area contributed by atoms with Gasteiger partial charge >= 0.3 is 0 Å². The van der Waals surface area contributed by atoms with Crippen LogP contribution in [-0.2, 0) is 6.54 Å². The van der Waals surface area contributed by atoms with E-state index in [2.05, 4.69) is 24.3 Å². The van der Waals surface area contributed by atoms with Crippen LogP contribution in [0.5, 0.6) is 0 Å². The Morgan fingerprint density at radius 3 is 2.82 bits per heavy atom. The largest absolute Gasteiger partial charge is 0.316 e. The predicted octanol–water partition coefficient (Wildman–Crippen LogP) is 2.86. The highest BCUT2D eigenvalue weighted by Crippen LogP contribution is 2.21. The molecule has 1 aromatic heterocycles. The lowest BCUT2D eigenvalue weighted by Gasteiger charge is -2.09. The van der Waals surface area contributed by atoms with Crippen molar-refractivity contribution < 1.29 is 0 Å². The van der Waals surface area contributed by atoms with E-state index in [1.54, 1.807) is 0 Å². The Morgan fingerprint density at radius 2 is 2.12 bits per heavy atom. The number of hydrogen-bond acceptors (Lipinski definition) is 2. The van der Waals surface area contributed by atoms with E-state index in [4.69, 9.17) is 11.6 Å². The van der Waals surface area contributed by atoms with Gasteiger partial charge in [0.05, 0.1) is 11.9 Å². The first kappa shape index (κ1) is 12.1. The molecule has 0 aliphatic rings. The molecule has 0 radical (unpaired) electrons. The lowest BCUT2D eigenvalue weighted by Crippen LogP contribution is -2.07. The highest BCUT2D eigenvalue weighted by Gasteiger charge is 2.09. The molecule has 3 nitrogen and oxygen atoms in total. The topological polar surface area (TPSA) is 29.9 Å². The highest BCUT2D eigenvalue weighted by molar-refractivity contribution is 6.30. The van der Waals surface area contributed by atoms with Gasteiger partial charge in [-0.2, -0.15) is 5.10 Å². The molecule has 17 heavy (non-hydrogen) atoms. The fourth-order valence-corrected chi connectivity index (χ4v) is 2.03. The molecule has 0 unspecified atom stereocenters. The standard InChI is InChI=1S/C13H16ClN3/c1-9-4-5-12(14)6-13(9)17-10(2)11(7-15-3)8-16-17/h4-6,8,15H,7H2,1-3H3. The average molecular weight is 250 g/mol. The van der Waals surface area contributed by atoms with Crippen LogP contribution in [0.3, 0.4) is 0 Å². The van der Waals surface area contributed by atoms with Crippen LogP contribution in [0.1, 0.15) is 16.8 Å². The number of halogens is 1. The summed E-state index contributed by atoms with van der Waals surface area (Å²) in [5.41, 5.74) is 4.55. The molecule has 1 N–H and O–H groups in total. The molecule has 0 amide bonds. The van der Waals surface area contributed by atoms with E-state index in [1.165, 1.54) is 5.56 Å². The van der Waals surface area contributed by atoms with Crippen LogP contribution in [0.25, 0.3) is 5.69 Å². The van der Waals surface area contributed by atoms with Gasteiger partial charge in [0, 0.05) is 22.8 Å². The van der Waals surface area contributed by atoms with Gasteiger partial charge in [-0.3, -0.25) is 0 Å². The van der Waals surface area contributed by atoms with Gasteiger partial charge in [0.25, 0.3) is 0 Å². The summed E-state index contributed by atoms with van der Waals surface area (Å²) in [6.07, 6.45) is 1.90. The number of benzene rings is 1. The number of aryl methyl sites for hydroxylation is 1. The van der Waals surface area contributed by atoms with E-state index in [0.29, 0.717) is 0 Å². The second kappa shape index (κ2) is 4.90. The molecule has 4 heteroatoms. The van der Waals surface area contributed by atoms with Crippen molar-refractivity contribution in [3.8, 4) is 5.69 Å². The minimum Gasteiger partial charge on any atom is -0.316 e. The maximum absolute atomic E-state index is 6.03. The van der Waals surface area contributed by atoms with Gasteiger partial charge in [-0.1, -0.05) is 17.7 Å². The summed E-state index contributed by atoms with van der Waals surface area (Å²) in [6.45, 7) is 4.95. The Bertz CT molecular complexity index is 531. The van der Waals surface area contributed by atoms with Gasteiger partial charge in [0.2, 0.25) is 0 Å². The van der Waals surface area contributed by atoms with Gasteiger partial charge < -0.3 is 5.32 Å². The fraction of sp³-hybridized carbons (Fsp3) is 0.308. The second-order valence-electron chi connectivity index (χ2n) is 4.13. The summed E-state index contributed by atoms with van der Waals surface area (Å²) < 4.78 is 1.94. The predicted molar refractivity (Wildman–Crippen MR) is 70.8 cm³/mol. The molecule has 0 saturated heterocycles. The molecule has 0 atom stereocenters. The number of hydrogen-bond donors (Lipinski definition) is 1. The van der Waals surface area contributed by atoms with Crippen LogP contribution in [-0.4, -0.2) is 16.8 Å². The Balaban J connectivity index is 2.49. The first-order valence-electron chi connectivity index (χ1n) is 5.58. The second-order valence-corrected chi connectivity index (χ2v) is 4.56.